The highest BCUT2D eigenvalue weighted by Gasteiger charge is 2.56. The maximum Gasteiger partial charge on any atom is 0.311 e. The van der Waals surface area contributed by atoms with Gasteiger partial charge >= 0.3 is 5.97 Å². The number of hydrogen-bond donors (Lipinski definition) is 1. The van der Waals surface area contributed by atoms with Crippen molar-refractivity contribution < 1.29 is 18.3 Å². The predicted molar refractivity (Wildman–Crippen MR) is 67.6 cm³/mol. The number of carboxylic acids is 1. The minimum absolute atomic E-state index is 0.0595. The monoisotopic (exact) mass is 286 g/mol. The highest BCUT2D eigenvalue weighted by Crippen LogP contribution is 2.49. The molecule has 0 amide bonds. The summed E-state index contributed by atoms with van der Waals surface area (Å²) < 4.78 is 25.6. The number of carboxylic acid groups (broad SMARTS) is 1. The Morgan fingerprint density at radius 1 is 1.53 bits per heavy atom. The fourth-order valence-corrected chi connectivity index (χ4v) is 4.87. The van der Waals surface area contributed by atoms with Crippen LogP contribution in [0.4, 0.5) is 0 Å². The number of nitrogens with zero attached hydrogens (tertiary/aromatic N) is 2. The zero-order chi connectivity index (χ0) is 14.1. The molecule has 0 aromatic rings. The maximum atomic E-state index is 12.1. The lowest BCUT2D eigenvalue weighted by Crippen LogP contribution is -2.37. The number of carbonyl (C=O) groups is 1. The smallest absolute Gasteiger partial charge is 0.311 e. The van der Waals surface area contributed by atoms with Gasteiger partial charge in [-0.1, -0.05) is 6.42 Å². The third kappa shape index (κ3) is 2.47. The molecule has 7 heteroatoms. The molecule has 1 N–H and O–H groups in total. The Morgan fingerprint density at radius 2 is 2.26 bits per heavy atom. The van der Waals surface area contributed by atoms with Crippen LogP contribution in [-0.2, 0) is 14.8 Å². The quantitative estimate of drug-likeness (QED) is 0.754. The molecule has 2 atom stereocenters. The number of aliphatic carboxylic acids is 1. The molecule has 1 heterocycles. The van der Waals surface area contributed by atoms with Gasteiger partial charge in [0.05, 0.1) is 17.2 Å². The number of hydrogen-bond acceptors (Lipinski definition) is 4. The molecule has 1 aliphatic heterocycles. The van der Waals surface area contributed by atoms with Gasteiger partial charge in [0.1, 0.15) is 0 Å². The van der Waals surface area contributed by atoms with Gasteiger partial charge in [-0.05, 0) is 25.2 Å². The number of nitriles is 1. The summed E-state index contributed by atoms with van der Waals surface area (Å²) in [7, 11) is -3.43. The Kier molecular flexibility index (Phi) is 3.83. The van der Waals surface area contributed by atoms with Crippen molar-refractivity contribution in [3.8, 4) is 6.07 Å². The van der Waals surface area contributed by atoms with Crippen LogP contribution in [0.5, 0.6) is 0 Å². The van der Waals surface area contributed by atoms with Crippen LogP contribution < -0.4 is 0 Å². The van der Waals surface area contributed by atoms with Crippen molar-refractivity contribution in [3.63, 3.8) is 0 Å². The van der Waals surface area contributed by atoms with Crippen LogP contribution in [0.2, 0.25) is 0 Å². The third-order valence-corrected chi connectivity index (χ3v) is 6.22. The van der Waals surface area contributed by atoms with Gasteiger partial charge in [0.2, 0.25) is 10.0 Å². The number of sulfonamides is 1. The van der Waals surface area contributed by atoms with Gasteiger partial charge in [-0.3, -0.25) is 4.79 Å². The molecule has 1 aliphatic carbocycles. The van der Waals surface area contributed by atoms with Crippen LogP contribution in [0.1, 0.15) is 32.1 Å². The van der Waals surface area contributed by atoms with Gasteiger partial charge in [-0.15, -0.1) is 0 Å². The maximum absolute atomic E-state index is 12.1. The van der Waals surface area contributed by atoms with E-state index in [0.717, 1.165) is 12.8 Å². The third-order valence-electron chi connectivity index (χ3n) is 4.35. The summed E-state index contributed by atoms with van der Waals surface area (Å²) in [5.74, 6) is -0.997. The van der Waals surface area contributed by atoms with Gasteiger partial charge in [-0.25, -0.2) is 12.7 Å². The average Bonchev–Trinajstić information content (AvgIpc) is 2.86. The summed E-state index contributed by atoms with van der Waals surface area (Å²) in [4.78, 5) is 11.5. The van der Waals surface area contributed by atoms with Crippen molar-refractivity contribution in [3.05, 3.63) is 0 Å². The zero-order valence-electron chi connectivity index (χ0n) is 10.7. The van der Waals surface area contributed by atoms with E-state index in [9.17, 15) is 18.3 Å². The van der Waals surface area contributed by atoms with E-state index < -0.39 is 21.4 Å². The van der Waals surface area contributed by atoms with Crippen molar-refractivity contribution in [1.29, 1.82) is 5.26 Å². The summed E-state index contributed by atoms with van der Waals surface area (Å²) in [6.45, 7) is 0.420. The molecule has 0 spiro atoms. The van der Waals surface area contributed by atoms with Crippen molar-refractivity contribution in [1.82, 2.24) is 4.31 Å². The average molecular weight is 286 g/mol. The molecule has 19 heavy (non-hydrogen) atoms. The molecule has 106 valence electrons. The van der Waals surface area contributed by atoms with Gasteiger partial charge in [0, 0.05) is 19.5 Å². The molecule has 1 saturated carbocycles. The fraction of sp³-hybridized carbons (Fsp3) is 0.833. The number of fused-ring (bicyclic) bond motifs is 1. The molecule has 2 fully saturated rings. The SMILES string of the molecule is N#CCCCS(=O)(=O)N1C[C@@H]2CCC[C@@]2(C(=O)O)C1. The standard InChI is InChI=1S/C12H18N2O4S/c13-6-1-2-7-19(17,18)14-8-10-4-3-5-12(10,9-14)11(15)16/h10H,1-5,7-9H2,(H,15,16)/t10-,12+/m0/s1. The van der Waals surface area contributed by atoms with E-state index in [-0.39, 0.29) is 24.6 Å². The number of rotatable bonds is 5. The summed E-state index contributed by atoms with van der Waals surface area (Å²) in [6, 6.07) is 1.92. The molecule has 0 unspecified atom stereocenters. The number of unbranched alkanes of at least 4 members (excludes halogenated alkanes) is 1. The Bertz CT molecular complexity index is 510. The normalized spacial score (nSPS) is 31.0. The van der Waals surface area contributed by atoms with E-state index in [1.54, 1.807) is 0 Å². The highest BCUT2D eigenvalue weighted by molar-refractivity contribution is 7.89. The molecule has 0 aromatic carbocycles. The first-order valence-electron chi connectivity index (χ1n) is 6.50. The van der Waals surface area contributed by atoms with E-state index in [0.29, 0.717) is 19.4 Å². The van der Waals surface area contributed by atoms with Gasteiger partial charge in [0.15, 0.2) is 0 Å². The molecule has 1 saturated heterocycles. The van der Waals surface area contributed by atoms with Crippen LogP contribution in [0, 0.1) is 22.7 Å². The van der Waals surface area contributed by atoms with Crippen LogP contribution in [0.15, 0.2) is 0 Å². The lowest BCUT2D eigenvalue weighted by molar-refractivity contribution is -0.149. The summed E-state index contributed by atoms with van der Waals surface area (Å²) in [5, 5.41) is 17.8. The topological polar surface area (TPSA) is 98.5 Å². The fourth-order valence-electron chi connectivity index (χ4n) is 3.27. The Labute approximate surface area is 113 Å². The van der Waals surface area contributed by atoms with Gasteiger partial charge in [0.25, 0.3) is 0 Å². The van der Waals surface area contributed by atoms with E-state index >= 15 is 0 Å². The first-order chi connectivity index (χ1) is 8.92. The lowest BCUT2D eigenvalue weighted by Gasteiger charge is -2.23. The lowest BCUT2D eigenvalue weighted by atomic mass is 9.81. The minimum Gasteiger partial charge on any atom is -0.481 e. The molecule has 0 radical (unpaired) electrons. The molecule has 0 bridgehead atoms. The largest absolute Gasteiger partial charge is 0.481 e. The first-order valence-corrected chi connectivity index (χ1v) is 8.11. The Morgan fingerprint density at radius 3 is 2.84 bits per heavy atom. The summed E-state index contributed by atoms with van der Waals surface area (Å²) in [6.07, 6.45) is 2.73. The second-order valence-electron chi connectivity index (χ2n) is 5.42. The van der Waals surface area contributed by atoms with Crippen molar-refractivity contribution in [2.45, 2.75) is 32.1 Å². The molecule has 2 rings (SSSR count). The van der Waals surface area contributed by atoms with Crippen molar-refractivity contribution in [2.75, 3.05) is 18.8 Å². The predicted octanol–water partition coefficient (Wildman–Crippen LogP) is 0.807. The molecule has 2 aliphatic rings. The highest BCUT2D eigenvalue weighted by atomic mass is 32.2. The van der Waals surface area contributed by atoms with Gasteiger partial charge in [-0.2, -0.15) is 5.26 Å². The zero-order valence-corrected chi connectivity index (χ0v) is 11.5. The van der Waals surface area contributed by atoms with Gasteiger partial charge < -0.3 is 5.11 Å². The molecule has 6 nitrogen and oxygen atoms in total. The first kappa shape index (κ1) is 14.3. The van der Waals surface area contributed by atoms with E-state index in [4.69, 9.17) is 5.26 Å². The second kappa shape index (κ2) is 5.10. The van der Waals surface area contributed by atoms with Crippen molar-refractivity contribution >= 4 is 16.0 Å². The summed E-state index contributed by atoms with van der Waals surface area (Å²) in [5.41, 5.74) is -0.873. The molecule has 0 aromatic heterocycles. The van der Waals surface area contributed by atoms with Crippen LogP contribution in [0.25, 0.3) is 0 Å². The Hall–Kier alpha value is -1.13. The van der Waals surface area contributed by atoms with E-state index in [2.05, 4.69) is 0 Å². The second-order valence-corrected chi connectivity index (χ2v) is 7.51. The molecular formula is C12H18N2O4S. The van der Waals surface area contributed by atoms with Crippen LogP contribution >= 0.6 is 0 Å². The summed E-state index contributed by atoms with van der Waals surface area (Å²) >= 11 is 0. The Balaban J connectivity index is 2.09. The minimum atomic E-state index is -3.43. The van der Waals surface area contributed by atoms with E-state index in [1.807, 2.05) is 6.07 Å². The van der Waals surface area contributed by atoms with Crippen LogP contribution in [-0.4, -0.2) is 42.6 Å². The van der Waals surface area contributed by atoms with Crippen molar-refractivity contribution in [2.24, 2.45) is 11.3 Å². The van der Waals surface area contributed by atoms with E-state index in [1.165, 1.54) is 4.31 Å². The molecular weight excluding hydrogens is 268 g/mol. The van der Waals surface area contributed by atoms with Crippen LogP contribution in [0.3, 0.4) is 0 Å².